The van der Waals surface area contributed by atoms with Gasteiger partial charge in [-0.3, -0.25) is 0 Å². The van der Waals surface area contributed by atoms with Gasteiger partial charge in [-0.25, -0.2) is 16.8 Å². The Morgan fingerprint density at radius 1 is 0.283 bits per heavy atom. The van der Waals surface area contributed by atoms with Crippen LogP contribution < -0.4 is 0 Å². The molecule has 0 radical (unpaired) electrons. The monoisotopic (exact) mass is 816 g/mol. The van der Waals surface area contributed by atoms with Gasteiger partial charge in [0, 0.05) is 0 Å². The second kappa shape index (κ2) is 12.6. The molecule has 0 unspecified atom stereocenters. The van der Waals surface area contributed by atoms with Gasteiger partial charge in [0.15, 0.2) is 0 Å². The Balaban J connectivity index is 0.000000136. The molecule has 8 aromatic rings. The Morgan fingerprint density at radius 2 is 0.567 bits per heavy atom. The zero-order valence-electron chi connectivity index (χ0n) is 33.6. The lowest BCUT2D eigenvalue weighted by Crippen LogP contribution is -2.36. The first-order valence-electron chi connectivity index (χ1n) is 20.2. The second-order valence-corrected chi connectivity index (χ2v) is 20.5. The topological polar surface area (TPSA) is 68.3 Å². The highest BCUT2D eigenvalue weighted by atomic mass is 32.2. The third kappa shape index (κ3) is 4.61. The van der Waals surface area contributed by atoms with Crippen LogP contribution >= 0.6 is 0 Å². The third-order valence-electron chi connectivity index (χ3n) is 13.2. The third-order valence-corrected chi connectivity index (χ3v) is 17.0. The molecule has 2 aliphatic carbocycles. The van der Waals surface area contributed by atoms with Crippen LogP contribution in [0.3, 0.4) is 0 Å². The van der Waals surface area contributed by atoms with Crippen molar-refractivity contribution in [1.82, 2.24) is 0 Å². The van der Waals surface area contributed by atoms with Crippen molar-refractivity contribution in [1.29, 1.82) is 0 Å². The van der Waals surface area contributed by atoms with E-state index in [4.69, 9.17) is 0 Å². The number of sulfone groups is 2. The minimum absolute atomic E-state index is 0.408. The van der Waals surface area contributed by atoms with Gasteiger partial charge in [-0.1, -0.05) is 168 Å². The highest BCUT2D eigenvalue weighted by molar-refractivity contribution is 7.92. The lowest BCUT2D eigenvalue weighted by atomic mass is 9.67. The maximum atomic E-state index is 13.7. The number of hydrogen-bond acceptors (Lipinski definition) is 4. The first-order chi connectivity index (χ1) is 28.9. The van der Waals surface area contributed by atoms with Crippen LogP contribution in [0.15, 0.2) is 189 Å². The summed E-state index contributed by atoms with van der Waals surface area (Å²) >= 11 is 0. The molecule has 6 heteroatoms. The van der Waals surface area contributed by atoms with Crippen LogP contribution in [0, 0.1) is 27.7 Å². The maximum Gasteiger partial charge on any atom is 0.207 e. The van der Waals surface area contributed by atoms with Crippen molar-refractivity contribution in [3.05, 3.63) is 237 Å². The molecule has 0 N–H and O–H groups in total. The van der Waals surface area contributed by atoms with Crippen molar-refractivity contribution in [3.8, 4) is 22.3 Å². The fourth-order valence-electron chi connectivity index (χ4n) is 10.8. The Labute approximate surface area is 351 Å². The molecule has 4 nitrogen and oxygen atoms in total. The molecule has 8 aromatic carbocycles. The SMILES string of the molecule is Cc1ccc2c(c1)C1(c3cc(C)ccc3-2)c2ccccc2S(=O)(=O)c2ccccc21.Cc1ccc2c(c1)C1(c3ccccc3-c3ccccc31)c1cc(C)ccc1S2(=O)=O. The van der Waals surface area contributed by atoms with Gasteiger partial charge in [-0.15, -0.1) is 0 Å². The summed E-state index contributed by atoms with van der Waals surface area (Å²) in [6.45, 7) is 8.25. The first-order valence-corrected chi connectivity index (χ1v) is 23.2. The molecule has 0 amide bonds. The van der Waals surface area contributed by atoms with E-state index in [9.17, 15) is 16.8 Å². The van der Waals surface area contributed by atoms with E-state index in [1.165, 1.54) is 33.4 Å². The van der Waals surface area contributed by atoms with Crippen LogP contribution in [-0.4, -0.2) is 16.8 Å². The summed E-state index contributed by atoms with van der Waals surface area (Å²) in [5.74, 6) is 0. The minimum Gasteiger partial charge on any atom is -0.218 e. The smallest absolute Gasteiger partial charge is 0.207 e. The summed E-state index contributed by atoms with van der Waals surface area (Å²) in [6, 6.07) is 56.5. The van der Waals surface area contributed by atoms with Gasteiger partial charge in [0.25, 0.3) is 0 Å². The van der Waals surface area contributed by atoms with E-state index < -0.39 is 30.5 Å². The van der Waals surface area contributed by atoms with Crippen molar-refractivity contribution in [2.75, 3.05) is 0 Å². The molecule has 0 aromatic heterocycles. The van der Waals surface area contributed by atoms with Crippen molar-refractivity contribution < 1.29 is 16.8 Å². The van der Waals surface area contributed by atoms with Gasteiger partial charge < -0.3 is 0 Å². The van der Waals surface area contributed by atoms with Gasteiger partial charge in [0.05, 0.1) is 30.4 Å². The zero-order chi connectivity index (χ0) is 41.3. The van der Waals surface area contributed by atoms with Crippen LogP contribution in [0.4, 0.5) is 0 Å². The van der Waals surface area contributed by atoms with Gasteiger partial charge in [0.1, 0.15) is 0 Å². The van der Waals surface area contributed by atoms with Crippen LogP contribution in [0.5, 0.6) is 0 Å². The molecule has 0 atom stereocenters. The molecular formula is C54H40O4S2. The van der Waals surface area contributed by atoms with Crippen molar-refractivity contribution in [2.45, 2.75) is 58.1 Å². The summed E-state index contributed by atoms with van der Waals surface area (Å²) in [4.78, 5) is 1.64. The Kier molecular flexibility index (Phi) is 7.70. The van der Waals surface area contributed by atoms with Gasteiger partial charge in [0.2, 0.25) is 19.7 Å². The maximum absolute atomic E-state index is 13.7. The van der Waals surface area contributed by atoms with Gasteiger partial charge in [-0.05, 0) is 119 Å². The summed E-state index contributed by atoms with van der Waals surface area (Å²) in [5, 5.41) is 0. The molecule has 0 fully saturated rings. The molecule has 60 heavy (non-hydrogen) atoms. The Morgan fingerprint density at radius 3 is 0.983 bits per heavy atom. The number of hydrogen-bond donors (Lipinski definition) is 0. The average molecular weight is 817 g/mol. The van der Waals surface area contributed by atoms with Gasteiger partial charge >= 0.3 is 0 Å². The van der Waals surface area contributed by atoms with Crippen LogP contribution in [-0.2, 0) is 30.5 Å². The minimum atomic E-state index is -3.60. The molecule has 0 saturated heterocycles. The lowest BCUT2D eigenvalue weighted by Gasteiger charge is -2.40. The van der Waals surface area contributed by atoms with E-state index in [0.717, 1.165) is 55.6 Å². The predicted molar refractivity (Wildman–Crippen MR) is 237 cm³/mol. The molecule has 4 aliphatic rings. The zero-order valence-corrected chi connectivity index (χ0v) is 35.2. The largest absolute Gasteiger partial charge is 0.218 e. The van der Waals surface area contributed by atoms with E-state index in [1.54, 1.807) is 24.3 Å². The molecule has 0 saturated carbocycles. The number of benzene rings is 8. The fourth-order valence-corrected chi connectivity index (χ4v) is 14.3. The molecule has 2 spiro atoms. The van der Waals surface area contributed by atoms with E-state index in [2.05, 4.69) is 111 Å². The molecule has 12 rings (SSSR count). The molecule has 0 bridgehead atoms. The normalized spacial score (nSPS) is 16.5. The molecular weight excluding hydrogens is 777 g/mol. The summed E-state index contributed by atoms with van der Waals surface area (Å²) in [5.41, 5.74) is 15.9. The summed E-state index contributed by atoms with van der Waals surface area (Å²) in [7, 11) is -7.19. The lowest BCUT2D eigenvalue weighted by molar-refractivity contribution is 0.579. The number of aryl methyl sites for hydroxylation is 4. The number of rotatable bonds is 0. The fraction of sp³-hybridized carbons (Fsp3) is 0.111. The van der Waals surface area contributed by atoms with Gasteiger partial charge in [-0.2, -0.15) is 0 Å². The first kappa shape index (κ1) is 36.7. The average Bonchev–Trinajstić information content (AvgIpc) is 3.70. The van der Waals surface area contributed by atoms with E-state index in [0.29, 0.717) is 19.6 Å². The van der Waals surface area contributed by atoms with E-state index in [-0.39, 0.29) is 0 Å². The van der Waals surface area contributed by atoms with Crippen LogP contribution in [0.1, 0.15) is 66.8 Å². The molecule has 2 heterocycles. The quantitative estimate of drug-likeness (QED) is 0.153. The van der Waals surface area contributed by atoms with E-state index >= 15 is 0 Å². The molecule has 292 valence electrons. The second-order valence-electron chi connectivity index (χ2n) is 16.7. The van der Waals surface area contributed by atoms with Crippen LogP contribution in [0.2, 0.25) is 0 Å². The highest BCUT2D eigenvalue weighted by Gasteiger charge is 2.55. The summed E-state index contributed by atoms with van der Waals surface area (Å²) in [6.07, 6.45) is 0. The summed E-state index contributed by atoms with van der Waals surface area (Å²) < 4.78 is 54.6. The number of fused-ring (bicyclic) bond motifs is 18. The van der Waals surface area contributed by atoms with E-state index in [1.807, 2.05) is 62.4 Å². The Hall–Kier alpha value is -6.34. The van der Waals surface area contributed by atoms with Crippen molar-refractivity contribution in [3.63, 3.8) is 0 Å². The van der Waals surface area contributed by atoms with Crippen molar-refractivity contribution >= 4 is 19.7 Å². The van der Waals surface area contributed by atoms with Crippen molar-refractivity contribution in [2.24, 2.45) is 0 Å². The molecule has 2 aliphatic heterocycles. The predicted octanol–water partition coefficient (Wildman–Crippen LogP) is 11.6. The Bertz CT molecular complexity index is 3200. The standard InChI is InChI=1S/2C27H20O2S/c1-17-11-13-19-20-14-12-18(2)16-24(20)27(23(19)15-17)21-7-3-5-9-25(21)30(28,29)26-10-6-4-8-22(26)27;1-17-11-13-25-23(15-17)27(24-16-18(2)12-14-26(24)30(25,28)29)21-9-5-3-7-19(21)20-8-4-6-10-22(20)27/h2*3-16H,1-2H3. The highest BCUT2D eigenvalue weighted by Crippen LogP contribution is 2.62. The van der Waals surface area contributed by atoms with Crippen LogP contribution in [0.25, 0.3) is 22.3 Å².